The lowest BCUT2D eigenvalue weighted by molar-refractivity contribution is 0.473. The minimum atomic E-state index is 0.370. The Kier molecular flexibility index (Phi) is 5.00. The van der Waals surface area contributed by atoms with Crippen LogP contribution < -0.4 is 9.80 Å². The van der Waals surface area contributed by atoms with Gasteiger partial charge in [0, 0.05) is 64.1 Å². The highest BCUT2D eigenvalue weighted by Gasteiger charge is 2.27. The number of pyridine rings is 1. The van der Waals surface area contributed by atoms with E-state index in [2.05, 4.69) is 41.7 Å². The van der Waals surface area contributed by atoms with Crippen molar-refractivity contribution in [2.75, 3.05) is 37.0 Å². The summed E-state index contributed by atoms with van der Waals surface area (Å²) in [4.78, 5) is 22.6. The third-order valence-corrected chi connectivity index (χ3v) is 4.98. The molecular weight excluding hydrogens is 338 g/mol. The second-order valence-corrected chi connectivity index (χ2v) is 7.12. The summed E-state index contributed by atoms with van der Waals surface area (Å²) in [7, 11) is 4.02. The molecule has 0 spiro atoms. The summed E-state index contributed by atoms with van der Waals surface area (Å²) in [6.07, 6.45) is 11.6. The van der Waals surface area contributed by atoms with Crippen molar-refractivity contribution in [2.24, 2.45) is 0 Å². The molecule has 1 saturated heterocycles. The second-order valence-electron chi connectivity index (χ2n) is 7.12. The first-order chi connectivity index (χ1) is 13.2. The van der Waals surface area contributed by atoms with E-state index in [9.17, 15) is 0 Å². The summed E-state index contributed by atoms with van der Waals surface area (Å²) in [6.45, 7) is 2.65. The number of hydrogen-bond acceptors (Lipinski definition) is 6. The Balaban J connectivity index is 1.56. The first kappa shape index (κ1) is 17.5. The van der Waals surface area contributed by atoms with Crippen LogP contribution in [0, 0.1) is 0 Å². The van der Waals surface area contributed by atoms with Crippen molar-refractivity contribution in [1.29, 1.82) is 0 Å². The van der Waals surface area contributed by atoms with E-state index in [0.29, 0.717) is 5.92 Å². The molecule has 4 rings (SSSR count). The van der Waals surface area contributed by atoms with Crippen molar-refractivity contribution in [1.82, 2.24) is 24.5 Å². The zero-order valence-electron chi connectivity index (χ0n) is 15.9. The summed E-state index contributed by atoms with van der Waals surface area (Å²) in [5, 5.41) is 0. The number of aromatic nitrogens is 5. The van der Waals surface area contributed by atoms with Crippen LogP contribution in [0.25, 0.3) is 0 Å². The minimum Gasteiger partial charge on any atom is -0.360 e. The van der Waals surface area contributed by atoms with Gasteiger partial charge in [-0.15, -0.1) is 0 Å². The SMILES string of the molecule is CN(C)c1nccnc1N1CCCC(c2nccn2Cc2ccccn2)C1. The molecule has 0 N–H and O–H groups in total. The Labute approximate surface area is 159 Å². The van der Waals surface area contributed by atoms with Crippen molar-refractivity contribution in [3.05, 3.63) is 60.7 Å². The Hall–Kier alpha value is -2.96. The molecule has 1 fully saturated rings. The molecule has 1 unspecified atom stereocenters. The molecule has 7 heteroatoms. The predicted molar refractivity (Wildman–Crippen MR) is 106 cm³/mol. The van der Waals surface area contributed by atoms with Crippen LogP contribution in [0.1, 0.15) is 30.3 Å². The zero-order valence-corrected chi connectivity index (χ0v) is 15.9. The van der Waals surface area contributed by atoms with Crippen LogP contribution in [0.5, 0.6) is 0 Å². The smallest absolute Gasteiger partial charge is 0.171 e. The van der Waals surface area contributed by atoms with Crippen molar-refractivity contribution in [2.45, 2.75) is 25.3 Å². The van der Waals surface area contributed by atoms with Gasteiger partial charge >= 0.3 is 0 Å². The lowest BCUT2D eigenvalue weighted by atomic mass is 9.97. The maximum absolute atomic E-state index is 4.68. The van der Waals surface area contributed by atoms with Crippen LogP contribution in [0.3, 0.4) is 0 Å². The molecule has 4 heterocycles. The molecule has 1 atom stereocenters. The van der Waals surface area contributed by atoms with Gasteiger partial charge in [0.2, 0.25) is 0 Å². The van der Waals surface area contributed by atoms with Crippen molar-refractivity contribution < 1.29 is 0 Å². The quantitative estimate of drug-likeness (QED) is 0.694. The highest BCUT2D eigenvalue weighted by Crippen LogP contribution is 2.31. The third-order valence-electron chi connectivity index (χ3n) is 4.98. The van der Waals surface area contributed by atoms with Gasteiger partial charge in [-0.05, 0) is 25.0 Å². The molecule has 0 aromatic carbocycles. The van der Waals surface area contributed by atoms with Gasteiger partial charge in [-0.25, -0.2) is 15.0 Å². The van der Waals surface area contributed by atoms with Gasteiger partial charge in [0.05, 0.1) is 12.2 Å². The second kappa shape index (κ2) is 7.73. The van der Waals surface area contributed by atoms with Gasteiger partial charge in [0.1, 0.15) is 5.82 Å². The topological polar surface area (TPSA) is 63.0 Å². The number of nitrogens with zero attached hydrogens (tertiary/aromatic N) is 7. The molecule has 7 nitrogen and oxygen atoms in total. The monoisotopic (exact) mass is 363 g/mol. The van der Waals surface area contributed by atoms with Crippen LogP contribution >= 0.6 is 0 Å². The maximum Gasteiger partial charge on any atom is 0.171 e. The van der Waals surface area contributed by atoms with Crippen molar-refractivity contribution in [3.63, 3.8) is 0 Å². The average Bonchev–Trinajstić information content (AvgIpc) is 3.17. The number of hydrogen-bond donors (Lipinski definition) is 0. The Morgan fingerprint density at radius 2 is 1.93 bits per heavy atom. The molecular formula is C20H25N7. The number of piperidine rings is 1. The van der Waals surface area contributed by atoms with Gasteiger partial charge in [-0.2, -0.15) is 0 Å². The van der Waals surface area contributed by atoms with E-state index in [0.717, 1.165) is 55.6 Å². The van der Waals surface area contributed by atoms with Gasteiger partial charge < -0.3 is 14.4 Å². The zero-order chi connectivity index (χ0) is 18.6. The number of imidazole rings is 1. The van der Waals surface area contributed by atoms with E-state index < -0.39 is 0 Å². The lowest BCUT2D eigenvalue weighted by Gasteiger charge is -2.34. The predicted octanol–water partition coefficient (Wildman–Crippen LogP) is 2.57. The maximum atomic E-state index is 4.68. The summed E-state index contributed by atoms with van der Waals surface area (Å²) < 4.78 is 2.22. The van der Waals surface area contributed by atoms with Crippen LogP contribution in [-0.2, 0) is 6.54 Å². The largest absolute Gasteiger partial charge is 0.360 e. The average molecular weight is 363 g/mol. The molecule has 0 bridgehead atoms. The fourth-order valence-corrected chi connectivity index (χ4v) is 3.72. The van der Waals surface area contributed by atoms with E-state index >= 15 is 0 Å². The lowest BCUT2D eigenvalue weighted by Crippen LogP contribution is -2.37. The van der Waals surface area contributed by atoms with Crippen molar-refractivity contribution in [3.8, 4) is 0 Å². The Morgan fingerprint density at radius 3 is 2.74 bits per heavy atom. The van der Waals surface area contributed by atoms with Gasteiger partial charge in [0.25, 0.3) is 0 Å². The molecule has 1 aliphatic rings. The summed E-state index contributed by atoms with van der Waals surface area (Å²) in [5.74, 6) is 3.36. The molecule has 0 aliphatic carbocycles. The van der Waals surface area contributed by atoms with Gasteiger partial charge in [-0.1, -0.05) is 6.07 Å². The van der Waals surface area contributed by atoms with E-state index in [1.165, 1.54) is 0 Å². The summed E-state index contributed by atoms with van der Waals surface area (Å²) in [5.41, 5.74) is 1.05. The molecule has 0 amide bonds. The standard InChI is InChI=1S/C20H25N7/c1-25(2)19-20(23-10-9-22-19)26-12-5-6-16(14-26)18-24-11-13-27(18)15-17-7-3-4-8-21-17/h3-4,7-11,13,16H,5-6,12,14-15H2,1-2H3. The normalized spacial score (nSPS) is 17.1. The van der Waals surface area contributed by atoms with E-state index in [1.54, 1.807) is 12.4 Å². The number of anilines is 2. The summed E-state index contributed by atoms with van der Waals surface area (Å²) in [6, 6.07) is 6.03. The highest BCUT2D eigenvalue weighted by atomic mass is 15.3. The van der Waals surface area contributed by atoms with E-state index in [4.69, 9.17) is 0 Å². The Morgan fingerprint density at radius 1 is 1.04 bits per heavy atom. The first-order valence-electron chi connectivity index (χ1n) is 9.36. The molecule has 0 radical (unpaired) electrons. The summed E-state index contributed by atoms with van der Waals surface area (Å²) >= 11 is 0. The highest BCUT2D eigenvalue weighted by molar-refractivity contribution is 5.61. The van der Waals surface area contributed by atoms with Crippen LogP contribution in [0.2, 0.25) is 0 Å². The van der Waals surface area contributed by atoms with E-state index in [-0.39, 0.29) is 0 Å². The van der Waals surface area contributed by atoms with E-state index in [1.807, 2.05) is 43.5 Å². The molecule has 3 aromatic rings. The molecule has 0 saturated carbocycles. The Bertz CT molecular complexity index is 875. The van der Waals surface area contributed by atoms with Crippen LogP contribution in [0.4, 0.5) is 11.6 Å². The fraction of sp³-hybridized carbons (Fsp3) is 0.400. The fourth-order valence-electron chi connectivity index (χ4n) is 3.72. The third kappa shape index (κ3) is 3.77. The van der Waals surface area contributed by atoms with Crippen LogP contribution in [0.15, 0.2) is 49.2 Å². The van der Waals surface area contributed by atoms with Gasteiger partial charge in [-0.3, -0.25) is 4.98 Å². The van der Waals surface area contributed by atoms with Crippen LogP contribution in [-0.4, -0.2) is 51.7 Å². The molecule has 3 aromatic heterocycles. The first-order valence-corrected chi connectivity index (χ1v) is 9.36. The molecule has 140 valence electrons. The molecule has 27 heavy (non-hydrogen) atoms. The molecule has 1 aliphatic heterocycles. The minimum absolute atomic E-state index is 0.370. The number of rotatable bonds is 5. The van der Waals surface area contributed by atoms with Crippen molar-refractivity contribution >= 4 is 11.6 Å². The van der Waals surface area contributed by atoms with Gasteiger partial charge in [0.15, 0.2) is 11.6 Å².